The molecule has 2 heterocycles. The van der Waals surface area contributed by atoms with E-state index in [4.69, 9.17) is 33.2 Å². The summed E-state index contributed by atoms with van der Waals surface area (Å²) in [5.41, 5.74) is 4.07. The Labute approximate surface area is 204 Å². The molecule has 2 aromatic carbocycles. The Balaban J connectivity index is 1.49. The summed E-state index contributed by atoms with van der Waals surface area (Å²) < 4.78 is 0. The van der Waals surface area contributed by atoms with Gasteiger partial charge in [-0.1, -0.05) is 48.3 Å². The number of nitrogens with zero attached hydrogens (tertiary/aromatic N) is 4. The van der Waals surface area contributed by atoms with Gasteiger partial charge in [-0.15, -0.1) is 0 Å². The number of rotatable bonds is 5. The summed E-state index contributed by atoms with van der Waals surface area (Å²) in [6, 6.07) is 15.0. The molecule has 0 aliphatic carbocycles. The maximum Gasteiger partial charge on any atom is 0.321 e. The second kappa shape index (κ2) is 10.4. The molecule has 0 unspecified atom stereocenters. The van der Waals surface area contributed by atoms with E-state index in [-0.39, 0.29) is 6.03 Å². The van der Waals surface area contributed by atoms with Gasteiger partial charge in [0, 0.05) is 59.6 Å². The summed E-state index contributed by atoms with van der Waals surface area (Å²) in [6.45, 7) is 6.68. The van der Waals surface area contributed by atoms with Crippen LogP contribution in [0.25, 0.3) is 0 Å². The van der Waals surface area contributed by atoms with Crippen molar-refractivity contribution >= 4 is 40.7 Å². The molecule has 33 heavy (non-hydrogen) atoms. The number of benzene rings is 2. The van der Waals surface area contributed by atoms with Gasteiger partial charge in [0.15, 0.2) is 0 Å². The van der Waals surface area contributed by atoms with Crippen molar-refractivity contribution < 1.29 is 4.79 Å². The normalized spacial score (nSPS) is 13.8. The van der Waals surface area contributed by atoms with E-state index in [1.807, 2.05) is 48.2 Å². The summed E-state index contributed by atoms with van der Waals surface area (Å²) in [5.74, 6) is 1.73. The Bertz CT molecular complexity index is 1130. The van der Waals surface area contributed by atoms with Crippen LogP contribution in [0.1, 0.15) is 29.6 Å². The van der Waals surface area contributed by atoms with Gasteiger partial charge in [-0.25, -0.2) is 14.8 Å². The van der Waals surface area contributed by atoms with Crippen molar-refractivity contribution in [1.29, 1.82) is 0 Å². The van der Waals surface area contributed by atoms with E-state index in [1.54, 1.807) is 12.1 Å². The molecule has 0 atom stereocenters. The predicted molar refractivity (Wildman–Crippen MR) is 135 cm³/mol. The molecular weight excluding hydrogens is 457 g/mol. The number of piperazine rings is 1. The fourth-order valence-electron chi connectivity index (χ4n) is 4.07. The Kier molecular flexibility index (Phi) is 7.36. The van der Waals surface area contributed by atoms with Crippen LogP contribution in [-0.2, 0) is 12.8 Å². The summed E-state index contributed by atoms with van der Waals surface area (Å²) >= 11 is 12.1. The largest absolute Gasteiger partial charge is 0.353 e. The van der Waals surface area contributed by atoms with Gasteiger partial charge in [-0.3, -0.25) is 0 Å². The number of amides is 2. The molecular formula is C25H27Cl2N5O. The van der Waals surface area contributed by atoms with Gasteiger partial charge in [0.05, 0.1) is 0 Å². The number of carbonyl (C=O) groups excluding carboxylic acids is 1. The van der Waals surface area contributed by atoms with Gasteiger partial charge in [0.1, 0.15) is 11.6 Å². The van der Waals surface area contributed by atoms with Crippen LogP contribution in [-0.4, -0.2) is 47.1 Å². The van der Waals surface area contributed by atoms with E-state index >= 15 is 0 Å². The Morgan fingerprint density at radius 3 is 2.39 bits per heavy atom. The molecule has 0 spiro atoms. The minimum atomic E-state index is -0.119. The second-order valence-electron chi connectivity index (χ2n) is 8.09. The third-order valence-electron chi connectivity index (χ3n) is 5.75. The van der Waals surface area contributed by atoms with Crippen molar-refractivity contribution in [2.24, 2.45) is 0 Å². The molecule has 0 saturated carbocycles. The minimum Gasteiger partial charge on any atom is -0.353 e. The molecule has 4 rings (SSSR count). The number of aromatic nitrogens is 2. The van der Waals surface area contributed by atoms with E-state index in [2.05, 4.69) is 17.1 Å². The fourth-order valence-corrected chi connectivity index (χ4v) is 4.39. The van der Waals surface area contributed by atoms with Crippen molar-refractivity contribution in [1.82, 2.24) is 14.9 Å². The highest BCUT2D eigenvalue weighted by Crippen LogP contribution is 2.26. The topological polar surface area (TPSA) is 61.4 Å². The molecule has 6 nitrogen and oxygen atoms in total. The summed E-state index contributed by atoms with van der Waals surface area (Å²) in [6.07, 6.45) is 1.58. The highest BCUT2D eigenvalue weighted by Gasteiger charge is 2.25. The number of carbonyl (C=O) groups is 1. The zero-order valence-corrected chi connectivity index (χ0v) is 20.3. The average Bonchev–Trinajstić information content (AvgIpc) is 2.81. The zero-order valence-electron chi connectivity index (χ0n) is 18.8. The molecule has 1 aliphatic heterocycles. The smallest absolute Gasteiger partial charge is 0.321 e. The van der Waals surface area contributed by atoms with Gasteiger partial charge < -0.3 is 15.1 Å². The summed E-state index contributed by atoms with van der Waals surface area (Å²) in [7, 11) is 0. The minimum absolute atomic E-state index is 0.119. The highest BCUT2D eigenvalue weighted by atomic mass is 35.5. The zero-order chi connectivity index (χ0) is 23.4. The molecule has 1 N–H and O–H groups in total. The average molecular weight is 484 g/mol. The van der Waals surface area contributed by atoms with E-state index in [0.717, 1.165) is 40.8 Å². The lowest BCUT2D eigenvalue weighted by atomic mass is 10.0. The summed E-state index contributed by atoms with van der Waals surface area (Å²) in [5, 5.41) is 4.25. The van der Waals surface area contributed by atoms with Crippen LogP contribution in [0.5, 0.6) is 0 Å². The van der Waals surface area contributed by atoms with Gasteiger partial charge >= 0.3 is 6.03 Å². The van der Waals surface area contributed by atoms with E-state index < -0.39 is 0 Å². The number of hydrogen-bond donors (Lipinski definition) is 1. The first kappa shape index (κ1) is 23.3. The fraction of sp³-hybridized carbons (Fsp3) is 0.320. The van der Waals surface area contributed by atoms with E-state index in [9.17, 15) is 4.79 Å². The van der Waals surface area contributed by atoms with Crippen LogP contribution in [0.15, 0.2) is 48.5 Å². The molecule has 172 valence electrons. The number of urea groups is 1. The van der Waals surface area contributed by atoms with Crippen molar-refractivity contribution in [2.75, 3.05) is 36.4 Å². The SMILES string of the molecule is CCc1nc(C)nc(N2CCN(C(=O)Nc3cccc(Cl)c3)CC2)c1Cc1ccc(Cl)cc1. The molecule has 1 fully saturated rings. The third kappa shape index (κ3) is 5.75. The molecule has 0 bridgehead atoms. The first-order valence-corrected chi connectivity index (χ1v) is 11.9. The van der Waals surface area contributed by atoms with Gasteiger partial charge in [-0.05, 0) is 49.2 Å². The van der Waals surface area contributed by atoms with Gasteiger partial charge in [0.25, 0.3) is 0 Å². The van der Waals surface area contributed by atoms with Crippen LogP contribution in [0.4, 0.5) is 16.3 Å². The number of aryl methyl sites for hydroxylation is 2. The molecule has 1 saturated heterocycles. The molecule has 2 amide bonds. The third-order valence-corrected chi connectivity index (χ3v) is 6.24. The Morgan fingerprint density at radius 1 is 1.00 bits per heavy atom. The molecule has 1 aromatic heterocycles. The number of hydrogen-bond acceptors (Lipinski definition) is 4. The second-order valence-corrected chi connectivity index (χ2v) is 8.96. The Hall–Kier alpha value is -2.83. The standard InChI is InChI=1S/C25H27Cl2N5O/c1-3-23-22(15-18-7-9-19(26)10-8-18)24(29-17(2)28-23)31-11-13-32(14-12-31)25(33)30-21-6-4-5-20(27)16-21/h4-10,16H,3,11-15H2,1-2H3,(H,30,33). The lowest BCUT2D eigenvalue weighted by Crippen LogP contribution is -2.50. The van der Waals surface area contributed by atoms with Crippen LogP contribution in [0.3, 0.4) is 0 Å². The van der Waals surface area contributed by atoms with Crippen molar-refractivity contribution in [3.63, 3.8) is 0 Å². The lowest BCUT2D eigenvalue weighted by molar-refractivity contribution is 0.208. The van der Waals surface area contributed by atoms with Crippen LogP contribution in [0.2, 0.25) is 10.0 Å². The van der Waals surface area contributed by atoms with Crippen molar-refractivity contribution in [3.8, 4) is 0 Å². The molecule has 8 heteroatoms. The maximum atomic E-state index is 12.7. The molecule has 0 radical (unpaired) electrons. The molecule has 1 aliphatic rings. The number of anilines is 2. The van der Waals surface area contributed by atoms with E-state index in [1.165, 1.54) is 5.56 Å². The van der Waals surface area contributed by atoms with Crippen LogP contribution in [0, 0.1) is 6.92 Å². The van der Waals surface area contributed by atoms with Gasteiger partial charge in [-0.2, -0.15) is 0 Å². The first-order chi connectivity index (χ1) is 15.9. The molecule has 3 aromatic rings. The maximum absolute atomic E-state index is 12.7. The number of halogens is 2. The monoisotopic (exact) mass is 483 g/mol. The highest BCUT2D eigenvalue weighted by molar-refractivity contribution is 6.31. The van der Waals surface area contributed by atoms with Crippen LogP contribution >= 0.6 is 23.2 Å². The number of nitrogens with one attached hydrogen (secondary N) is 1. The van der Waals surface area contributed by atoms with Crippen molar-refractivity contribution in [2.45, 2.75) is 26.7 Å². The van der Waals surface area contributed by atoms with E-state index in [0.29, 0.717) is 36.9 Å². The predicted octanol–water partition coefficient (Wildman–Crippen LogP) is 5.60. The quantitative estimate of drug-likeness (QED) is 0.512. The Morgan fingerprint density at radius 2 is 1.73 bits per heavy atom. The van der Waals surface area contributed by atoms with Crippen LogP contribution < -0.4 is 10.2 Å². The lowest BCUT2D eigenvalue weighted by Gasteiger charge is -2.36. The summed E-state index contributed by atoms with van der Waals surface area (Å²) in [4.78, 5) is 26.3. The first-order valence-electron chi connectivity index (χ1n) is 11.1. The van der Waals surface area contributed by atoms with Crippen molar-refractivity contribution in [3.05, 3.63) is 81.2 Å². The van der Waals surface area contributed by atoms with Gasteiger partial charge in [0.2, 0.25) is 0 Å².